The van der Waals surface area contributed by atoms with E-state index in [1.165, 1.54) is 0 Å². The third-order valence-electron chi connectivity index (χ3n) is 3.83. The number of hydrogen-bond acceptors (Lipinski definition) is 6. The molecule has 0 bridgehead atoms. The number of β-amino-alcohol motifs (C(OH)–C–C–N with tert-alkyl or cyclic N) is 1. The maximum atomic E-state index is 12.5. The van der Waals surface area contributed by atoms with E-state index in [0.717, 1.165) is 5.82 Å². The van der Waals surface area contributed by atoms with Gasteiger partial charge < -0.3 is 24.5 Å². The molecule has 8 nitrogen and oxygen atoms in total. The smallest absolute Gasteiger partial charge is 0.289 e. The van der Waals surface area contributed by atoms with Gasteiger partial charge in [0.25, 0.3) is 5.91 Å². The average Bonchev–Trinajstić information content (AvgIpc) is 3.18. The third-order valence-corrected chi connectivity index (χ3v) is 3.83. The molecule has 1 amide bonds. The van der Waals surface area contributed by atoms with Crippen molar-refractivity contribution >= 4 is 5.91 Å². The van der Waals surface area contributed by atoms with Gasteiger partial charge in [0, 0.05) is 38.6 Å². The molecule has 0 spiro atoms. The van der Waals surface area contributed by atoms with Crippen LogP contribution in [0.1, 0.15) is 22.1 Å². The first-order valence-corrected chi connectivity index (χ1v) is 7.53. The second-order valence-electron chi connectivity index (χ2n) is 5.60. The number of furan rings is 1. The van der Waals surface area contributed by atoms with Crippen molar-refractivity contribution in [3.8, 4) is 0 Å². The molecule has 2 aromatic heterocycles. The summed E-state index contributed by atoms with van der Waals surface area (Å²) in [7, 11) is 0. The predicted octanol–water partition coefficient (Wildman–Crippen LogP) is -0.186. The van der Waals surface area contributed by atoms with Gasteiger partial charge in [0.2, 0.25) is 0 Å². The van der Waals surface area contributed by atoms with Crippen LogP contribution in [0.25, 0.3) is 0 Å². The largest absolute Gasteiger partial charge is 0.453 e. The summed E-state index contributed by atoms with van der Waals surface area (Å²) >= 11 is 0. The first-order valence-electron chi connectivity index (χ1n) is 7.53. The Morgan fingerprint density at radius 2 is 2.26 bits per heavy atom. The van der Waals surface area contributed by atoms with Crippen LogP contribution >= 0.6 is 0 Å². The number of carbonyl (C=O) groups is 1. The van der Waals surface area contributed by atoms with Gasteiger partial charge >= 0.3 is 0 Å². The highest BCUT2D eigenvalue weighted by molar-refractivity contribution is 5.91. The second-order valence-corrected chi connectivity index (χ2v) is 5.60. The minimum atomic E-state index is -0.635. The summed E-state index contributed by atoms with van der Waals surface area (Å²) in [5.41, 5.74) is 0. The van der Waals surface area contributed by atoms with E-state index < -0.39 is 6.10 Å². The average molecular weight is 320 g/mol. The molecular formula is C15H20N4O4. The van der Waals surface area contributed by atoms with Gasteiger partial charge in [-0.15, -0.1) is 0 Å². The Balaban J connectivity index is 1.64. The molecule has 0 aliphatic carbocycles. The van der Waals surface area contributed by atoms with Gasteiger partial charge in [0.1, 0.15) is 18.2 Å². The summed E-state index contributed by atoms with van der Waals surface area (Å²) in [6.45, 7) is 2.21. The van der Waals surface area contributed by atoms with E-state index in [9.17, 15) is 9.90 Å². The Morgan fingerprint density at radius 1 is 1.39 bits per heavy atom. The molecule has 0 saturated carbocycles. The summed E-state index contributed by atoms with van der Waals surface area (Å²) in [5.74, 6) is 1.09. The Labute approximate surface area is 133 Å². The number of nitrogens with zero attached hydrogens (tertiary/aromatic N) is 3. The maximum absolute atomic E-state index is 12.5. The quantitative estimate of drug-likeness (QED) is 0.721. The lowest BCUT2D eigenvalue weighted by Crippen LogP contribution is -2.37. The van der Waals surface area contributed by atoms with E-state index in [1.807, 2.05) is 0 Å². The Morgan fingerprint density at radius 3 is 2.96 bits per heavy atom. The molecule has 1 aliphatic heterocycles. The van der Waals surface area contributed by atoms with Crippen LogP contribution in [0.3, 0.4) is 0 Å². The zero-order valence-electron chi connectivity index (χ0n) is 12.7. The summed E-state index contributed by atoms with van der Waals surface area (Å²) in [5, 5.41) is 19.2. The Bertz CT molecular complexity index is 640. The molecule has 0 radical (unpaired) electrons. The SMILES string of the molecule is O=C(c1ccc(CO)o1)N1CCN(Cc2ncc[nH]2)C[C@@H](O)C1. The van der Waals surface area contributed by atoms with Crippen LogP contribution in [-0.4, -0.2) is 68.2 Å². The monoisotopic (exact) mass is 320 g/mol. The maximum Gasteiger partial charge on any atom is 0.289 e. The molecule has 2 aromatic rings. The number of rotatable bonds is 4. The van der Waals surface area contributed by atoms with Crippen molar-refractivity contribution in [1.82, 2.24) is 19.8 Å². The number of aliphatic hydroxyl groups is 2. The summed E-state index contributed by atoms with van der Waals surface area (Å²) < 4.78 is 5.28. The number of carbonyl (C=O) groups excluding carboxylic acids is 1. The summed E-state index contributed by atoms with van der Waals surface area (Å²) in [6, 6.07) is 3.12. The van der Waals surface area contributed by atoms with Crippen LogP contribution in [0.15, 0.2) is 28.9 Å². The molecule has 1 fully saturated rings. The molecular weight excluding hydrogens is 300 g/mol. The van der Waals surface area contributed by atoms with Gasteiger partial charge in [-0.3, -0.25) is 9.69 Å². The number of nitrogens with one attached hydrogen (secondary N) is 1. The van der Waals surface area contributed by atoms with Crippen molar-refractivity contribution in [2.24, 2.45) is 0 Å². The number of amides is 1. The van der Waals surface area contributed by atoms with Gasteiger partial charge in [-0.1, -0.05) is 0 Å². The van der Waals surface area contributed by atoms with E-state index in [1.54, 1.807) is 29.4 Å². The number of hydrogen-bond donors (Lipinski definition) is 3. The van der Waals surface area contributed by atoms with Crippen LogP contribution in [0, 0.1) is 0 Å². The minimum Gasteiger partial charge on any atom is -0.453 e. The molecule has 8 heteroatoms. The molecule has 1 aliphatic rings. The van der Waals surface area contributed by atoms with E-state index in [2.05, 4.69) is 14.9 Å². The molecule has 0 unspecified atom stereocenters. The van der Waals surface area contributed by atoms with E-state index in [-0.39, 0.29) is 24.8 Å². The highest BCUT2D eigenvalue weighted by Gasteiger charge is 2.27. The summed E-state index contributed by atoms with van der Waals surface area (Å²) in [4.78, 5) is 23.3. The minimum absolute atomic E-state index is 0.181. The lowest BCUT2D eigenvalue weighted by atomic mass is 10.3. The number of aliphatic hydroxyl groups excluding tert-OH is 2. The van der Waals surface area contributed by atoms with Crippen LogP contribution in [0.2, 0.25) is 0 Å². The van der Waals surface area contributed by atoms with Gasteiger partial charge in [-0.2, -0.15) is 0 Å². The van der Waals surface area contributed by atoms with Crippen molar-refractivity contribution in [2.75, 3.05) is 26.2 Å². The van der Waals surface area contributed by atoms with E-state index in [0.29, 0.717) is 31.9 Å². The second kappa shape index (κ2) is 6.95. The molecule has 1 saturated heterocycles. The molecule has 3 N–H and O–H groups in total. The molecule has 3 rings (SSSR count). The highest BCUT2D eigenvalue weighted by atomic mass is 16.4. The van der Waals surface area contributed by atoms with E-state index >= 15 is 0 Å². The first kappa shape index (κ1) is 15.7. The van der Waals surface area contributed by atoms with Crippen LogP contribution in [-0.2, 0) is 13.2 Å². The molecule has 1 atom stereocenters. The number of aromatic nitrogens is 2. The van der Waals surface area contributed by atoms with Crippen molar-refractivity contribution in [2.45, 2.75) is 19.3 Å². The zero-order chi connectivity index (χ0) is 16.2. The van der Waals surface area contributed by atoms with Crippen molar-refractivity contribution in [3.05, 3.63) is 41.9 Å². The van der Waals surface area contributed by atoms with Crippen molar-refractivity contribution in [1.29, 1.82) is 0 Å². The first-order chi connectivity index (χ1) is 11.2. The molecule has 23 heavy (non-hydrogen) atoms. The fraction of sp³-hybridized carbons (Fsp3) is 0.467. The van der Waals surface area contributed by atoms with E-state index in [4.69, 9.17) is 9.52 Å². The van der Waals surface area contributed by atoms with Gasteiger partial charge in [0.15, 0.2) is 5.76 Å². The molecule has 3 heterocycles. The topological polar surface area (TPSA) is 106 Å². The van der Waals surface area contributed by atoms with Gasteiger partial charge in [-0.25, -0.2) is 4.98 Å². The van der Waals surface area contributed by atoms with Crippen molar-refractivity contribution < 1.29 is 19.4 Å². The van der Waals surface area contributed by atoms with Crippen LogP contribution in [0.4, 0.5) is 0 Å². The lowest BCUT2D eigenvalue weighted by Gasteiger charge is -2.20. The normalized spacial score (nSPS) is 19.7. The Hall–Kier alpha value is -2.16. The fourth-order valence-electron chi connectivity index (χ4n) is 2.71. The number of aromatic amines is 1. The van der Waals surface area contributed by atoms with Gasteiger partial charge in [0.05, 0.1) is 12.6 Å². The standard InChI is InChI=1S/C15H20N4O4/c20-10-12-1-2-13(23-12)15(22)19-6-5-18(7-11(21)8-19)9-14-16-3-4-17-14/h1-4,11,20-21H,5-10H2,(H,16,17)/t11-/m1/s1. The zero-order valence-corrected chi connectivity index (χ0v) is 12.7. The Kier molecular flexibility index (Phi) is 4.75. The predicted molar refractivity (Wildman–Crippen MR) is 80.4 cm³/mol. The number of H-pyrrole nitrogens is 1. The highest BCUT2D eigenvalue weighted by Crippen LogP contribution is 2.14. The fourth-order valence-corrected chi connectivity index (χ4v) is 2.71. The third kappa shape index (κ3) is 3.79. The summed E-state index contributed by atoms with van der Waals surface area (Å²) in [6.07, 6.45) is 2.81. The lowest BCUT2D eigenvalue weighted by molar-refractivity contribution is 0.0630. The number of imidazole rings is 1. The molecule has 124 valence electrons. The van der Waals surface area contributed by atoms with Crippen LogP contribution in [0.5, 0.6) is 0 Å². The van der Waals surface area contributed by atoms with Crippen molar-refractivity contribution in [3.63, 3.8) is 0 Å². The van der Waals surface area contributed by atoms with Crippen LogP contribution < -0.4 is 0 Å². The molecule has 0 aromatic carbocycles. The van der Waals surface area contributed by atoms with Gasteiger partial charge in [-0.05, 0) is 12.1 Å².